The highest BCUT2D eigenvalue weighted by Gasteiger charge is 2.44. The summed E-state index contributed by atoms with van der Waals surface area (Å²) in [6.45, 7) is 4.38. The lowest BCUT2D eigenvalue weighted by Crippen LogP contribution is -2.52. The minimum Gasteiger partial charge on any atom is -0.505 e. The van der Waals surface area contributed by atoms with Gasteiger partial charge in [0.25, 0.3) is 11.5 Å². The molecule has 1 aromatic heterocycles. The number of carbonyl (C=O) groups is 2. The molecule has 9 heteroatoms. The first-order chi connectivity index (χ1) is 16.7. The molecular weight excluding hydrogens is 470 g/mol. The molecule has 3 aromatic rings. The summed E-state index contributed by atoms with van der Waals surface area (Å²) in [5.74, 6) is -0.421. The number of hydrogen-bond donors (Lipinski definition) is 1. The number of nitrogens with zero attached hydrogens (tertiary/aromatic N) is 3. The first kappa shape index (κ1) is 23.1. The number of halogens is 1. The van der Waals surface area contributed by atoms with Crippen LogP contribution in [-0.2, 0) is 0 Å². The number of rotatable bonds is 2. The molecule has 0 bridgehead atoms. The van der Waals surface area contributed by atoms with Gasteiger partial charge in [-0.1, -0.05) is 23.7 Å². The molecule has 0 saturated carbocycles. The molecule has 8 nitrogen and oxygen atoms in total. The van der Waals surface area contributed by atoms with Crippen LogP contribution in [0, 0.1) is 13.8 Å². The molecule has 0 radical (unpaired) electrons. The third kappa shape index (κ3) is 4.18. The Morgan fingerprint density at radius 1 is 1.11 bits per heavy atom. The van der Waals surface area contributed by atoms with E-state index >= 15 is 0 Å². The normalized spacial score (nSPS) is 16.7. The Kier molecular flexibility index (Phi) is 5.63. The number of ketones is 1. The summed E-state index contributed by atoms with van der Waals surface area (Å²) in [6.07, 6.45) is 1.11. The van der Waals surface area contributed by atoms with Crippen molar-refractivity contribution in [3.05, 3.63) is 80.2 Å². The average molecular weight is 494 g/mol. The van der Waals surface area contributed by atoms with Crippen molar-refractivity contribution in [1.82, 2.24) is 14.7 Å². The van der Waals surface area contributed by atoms with Crippen LogP contribution in [0.2, 0.25) is 5.02 Å². The lowest BCUT2D eigenvalue weighted by Gasteiger charge is -2.44. The highest BCUT2D eigenvalue weighted by atomic mass is 35.5. The van der Waals surface area contributed by atoms with E-state index in [4.69, 9.17) is 16.3 Å². The fraction of sp³-hybridized carbons (Fsp3) is 0.308. The number of likely N-dealkylation sites (tertiary alicyclic amines) is 1. The number of aromatic nitrogens is 2. The monoisotopic (exact) mass is 493 g/mol. The Bertz CT molecular complexity index is 1420. The number of piperidine rings is 1. The Labute approximate surface area is 206 Å². The van der Waals surface area contributed by atoms with Gasteiger partial charge in [0, 0.05) is 37.0 Å². The van der Waals surface area contributed by atoms with Crippen LogP contribution in [0.3, 0.4) is 0 Å². The minimum atomic E-state index is -0.699. The molecule has 1 amide bonds. The summed E-state index contributed by atoms with van der Waals surface area (Å²) in [7, 11) is 0. The van der Waals surface area contributed by atoms with Gasteiger partial charge in [0.15, 0.2) is 17.2 Å². The summed E-state index contributed by atoms with van der Waals surface area (Å²) in [4.78, 5) is 40.2. The van der Waals surface area contributed by atoms with Gasteiger partial charge < -0.3 is 14.7 Å². The largest absolute Gasteiger partial charge is 0.505 e. The molecule has 1 saturated heterocycles. The van der Waals surface area contributed by atoms with Crippen molar-refractivity contribution in [1.29, 1.82) is 0 Å². The molecule has 1 fully saturated rings. The maximum Gasteiger partial charge on any atom is 0.278 e. The number of fused-ring (bicyclic) bond motifs is 1. The highest BCUT2D eigenvalue weighted by Crippen LogP contribution is 2.42. The van der Waals surface area contributed by atoms with Crippen molar-refractivity contribution >= 4 is 23.3 Å². The number of aryl methyl sites for hydroxylation is 2. The topological polar surface area (TPSA) is 102 Å². The van der Waals surface area contributed by atoms with E-state index in [0.717, 1.165) is 21.9 Å². The van der Waals surface area contributed by atoms with E-state index in [0.29, 0.717) is 48.0 Å². The number of hydrogen-bond acceptors (Lipinski definition) is 6. The molecular formula is C26H24ClN3O5. The molecule has 180 valence electrons. The maximum atomic E-state index is 13.3. The van der Waals surface area contributed by atoms with Crippen LogP contribution in [0.15, 0.2) is 47.3 Å². The molecule has 3 heterocycles. The predicted molar refractivity (Wildman–Crippen MR) is 130 cm³/mol. The zero-order valence-electron chi connectivity index (χ0n) is 19.4. The Morgan fingerprint density at radius 2 is 1.86 bits per heavy atom. The lowest BCUT2D eigenvalue weighted by molar-refractivity contribution is -0.00640. The van der Waals surface area contributed by atoms with Gasteiger partial charge in [-0.25, -0.2) is 0 Å². The van der Waals surface area contributed by atoms with E-state index in [2.05, 4.69) is 5.10 Å². The Hall–Kier alpha value is -3.65. The molecule has 0 atom stereocenters. The van der Waals surface area contributed by atoms with Crippen molar-refractivity contribution in [3.8, 4) is 17.2 Å². The quantitative estimate of drug-likeness (QED) is 0.582. The highest BCUT2D eigenvalue weighted by molar-refractivity contribution is 6.31. The number of carbonyl (C=O) groups excluding carboxylic acids is 2. The third-order valence-corrected chi connectivity index (χ3v) is 6.88. The maximum absolute atomic E-state index is 13.3. The number of benzene rings is 2. The second kappa shape index (κ2) is 8.53. The van der Waals surface area contributed by atoms with Gasteiger partial charge in [0.2, 0.25) is 0 Å². The molecule has 2 aliphatic heterocycles. The van der Waals surface area contributed by atoms with Crippen molar-refractivity contribution in [2.75, 3.05) is 13.1 Å². The summed E-state index contributed by atoms with van der Waals surface area (Å²) >= 11 is 6.12. The number of ether oxygens (including phenoxy) is 1. The predicted octanol–water partition coefficient (Wildman–Crippen LogP) is 3.85. The van der Waals surface area contributed by atoms with Crippen molar-refractivity contribution in [3.63, 3.8) is 0 Å². The first-order valence-corrected chi connectivity index (χ1v) is 11.8. The summed E-state index contributed by atoms with van der Waals surface area (Å²) in [5, 5.41) is 15.0. The molecule has 1 spiro atoms. The lowest BCUT2D eigenvalue weighted by atomic mass is 9.82. The first-order valence-electron chi connectivity index (χ1n) is 11.4. The van der Waals surface area contributed by atoms with Gasteiger partial charge in [-0.3, -0.25) is 14.4 Å². The van der Waals surface area contributed by atoms with Gasteiger partial charge in [-0.15, -0.1) is 0 Å². The van der Waals surface area contributed by atoms with E-state index in [9.17, 15) is 19.5 Å². The molecule has 0 aliphatic carbocycles. The molecule has 0 unspecified atom stereocenters. The van der Waals surface area contributed by atoms with Crippen LogP contribution < -0.4 is 10.3 Å². The summed E-state index contributed by atoms with van der Waals surface area (Å²) < 4.78 is 7.46. The average Bonchev–Trinajstić information content (AvgIpc) is 2.80. The van der Waals surface area contributed by atoms with Crippen LogP contribution >= 0.6 is 11.6 Å². The standard InChI is InChI=1S/C26H24ClN3O5/c1-15-4-3-5-18(10-15)30-22(33)13-20(31)23(28-30)25(34)29-8-6-26(7-9-29)14-21(32)19-12-17(27)11-16(2)24(19)35-26/h3-5,10-13,31H,6-9,14H2,1-2H3. The Morgan fingerprint density at radius 3 is 2.57 bits per heavy atom. The van der Waals surface area contributed by atoms with Crippen molar-refractivity contribution in [2.45, 2.75) is 38.7 Å². The fourth-order valence-electron chi connectivity index (χ4n) is 4.80. The van der Waals surface area contributed by atoms with E-state index in [-0.39, 0.29) is 17.9 Å². The minimum absolute atomic E-state index is 0.0267. The second-order valence-electron chi connectivity index (χ2n) is 9.24. The molecule has 35 heavy (non-hydrogen) atoms. The van der Waals surface area contributed by atoms with Crippen molar-refractivity contribution < 1.29 is 19.4 Å². The van der Waals surface area contributed by atoms with E-state index in [1.165, 1.54) is 0 Å². The van der Waals surface area contributed by atoms with Gasteiger partial charge >= 0.3 is 0 Å². The van der Waals surface area contributed by atoms with Gasteiger partial charge in [0.05, 0.1) is 17.7 Å². The molecule has 1 N–H and O–H groups in total. The van der Waals surface area contributed by atoms with Crippen LogP contribution in [0.25, 0.3) is 5.69 Å². The van der Waals surface area contributed by atoms with E-state index < -0.39 is 22.8 Å². The van der Waals surface area contributed by atoms with E-state index in [1.807, 2.05) is 19.9 Å². The zero-order chi connectivity index (χ0) is 24.9. The van der Waals surface area contributed by atoms with Gasteiger partial charge in [0.1, 0.15) is 11.4 Å². The fourth-order valence-corrected chi connectivity index (χ4v) is 5.08. The Balaban J connectivity index is 1.38. The van der Waals surface area contributed by atoms with Crippen LogP contribution in [0.5, 0.6) is 11.5 Å². The SMILES string of the molecule is Cc1cccc(-n2nc(C(=O)N3CCC4(CC3)CC(=O)c3cc(Cl)cc(C)c3O4)c(O)cc2=O)c1. The molecule has 2 aliphatic rings. The van der Waals surface area contributed by atoms with Crippen LogP contribution in [0.4, 0.5) is 0 Å². The zero-order valence-corrected chi connectivity index (χ0v) is 20.1. The molecule has 5 rings (SSSR count). The number of Topliss-reactive ketones (excluding diaryl/α,β-unsaturated/α-hetero) is 1. The smallest absolute Gasteiger partial charge is 0.278 e. The van der Waals surface area contributed by atoms with Crippen molar-refractivity contribution in [2.24, 2.45) is 0 Å². The second-order valence-corrected chi connectivity index (χ2v) is 9.68. The number of aromatic hydroxyl groups is 1. The number of amides is 1. The summed E-state index contributed by atoms with van der Waals surface area (Å²) in [5.41, 5.74) is 1.29. The van der Waals surface area contributed by atoms with Gasteiger partial charge in [-0.2, -0.15) is 9.78 Å². The van der Waals surface area contributed by atoms with Crippen LogP contribution in [-0.4, -0.2) is 50.2 Å². The van der Waals surface area contributed by atoms with Crippen LogP contribution in [0.1, 0.15) is 51.2 Å². The third-order valence-electron chi connectivity index (χ3n) is 6.66. The van der Waals surface area contributed by atoms with Gasteiger partial charge in [-0.05, 0) is 49.2 Å². The van der Waals surface area contributed by atoms with E-state index in [1.54, 1.807) is 35.2 Å². The molecule has 2 aromatic carbocycles. The summed E-state index contributed by atoms with van der Waals surface area (Å²) in [6, 6.07) is 11.6.